The van der Waals surface area contributed by atoms with Gasteiger partial charge in [-0.3, -0.25) is 9.59 Å². The zero-order chi connectivity index (χ0) is 21.8. The Morgan fingerprint density at radius 3 is 1.87 bits per heavy atom. The third kappa shape index (κ3) is 6.82. The average molecular weight is 415 g/mol. The highest BCUT2D eigenvalue weighted by Crippen LogP contribution is 2.30. The fourth-order valence-electron chi connectivity index (χ4n) is 3.76. The number of Topliss-reactive ketones (excluding diaryl/α,β-unsaturated/α-hetero) is 2. The number of hydrogen-bond donors (Lipinski definition) is 0. The quantitative estimate of drug-likeness (QED) is 0.262. The minimum Gasteiger partial charge on any atom is -0.434 e. The molecule has 1 aromatic carbocycles. The maximum Gasteiger partial charge on any atom is 0.513 e. The summed E-state index contributed by atoms with van der Waals surface area (Å²) >= 11 is 0. The minimum atomic E-state index is -0.950. The van der Waals surface area contributed by atoms with E-state index in [1.807, 2.05) is 0 Å². The third-order valence-corrected chi connectivity index (χ3v) is 5.40. The smallest absolute Gasteiger partial charge is 0.434 e. The Balaban J connectivity index is 1.93. The zero-order valence-corrected chi connectivity index (χ0v) is 18.3. The topological polar surface area (TPSA) is 69.7 Å². The van der Waals surface area contributed by atoms with Gasteiger partial charge in [-0.05, 0) is 19.8 Å². The van der Waals surface area contributed by atoms with Crippen molar-refractivity contribution in [2.45, 2.75) is 84.5 Å². The van der Waals surface area contributed by atoms with Gasteiger partial charge in [0, 0.05) is 16.7 Å². The molecule has 1 aromatic rings. The lowest BCUT2D eigenvalue weighted by atomic mass is 9.86. The first-order valence-electron chi connectivity index (χ1n) is 11.4. The van der Waals surface area contributed by atoms with Crippen LogP contribution in [0.15, 0.2) is 35.6 Å². The van der Waals surface area contributed by atoms with Crippen molar-refractivity contribution < 1.29 is 23.9 Å². The van der Waals surface area contributed by atoms with Crippen molar-refractivity contribution in [1.82, 2.24) is 0 Å². The zero-order valence-electron chi connectivity index (χ0n) is 18.3. The Morgan fingerprint density at radius 2 is 1.30 bits per heavy atom. The van der Waals surface area contributed by atoms with Crippen LogP contribution < -0.4 is 0 Å². The molecule has 0 N–H and O–H groups in total. The molecule has 0 unspecified atom stereocenters. The molecule has 5 nitrogen and oxygen atoms in total. The van der Waals surface area contributed by atoms with Crippen molar-refractivity contribution in [3.05, 3.63) is 46.7 Å². The number of hydrogen-bond acceptors (Lipinski definition) is 5. The summed E-state index contributed by atoms with van der Waals surface area (Å²) in [6.07, 6.45) is 11.3. The van der Waals surface area contributed by atoms with E-state index in [9.17, 15) is 14.4 Å². The molecule has 1 aliphatic rings. The fourth-order valence-corrected chi connectivity index (χ4v) is 3.76. The van der Waals surface area contributed by atoms with Gasteiger partial charge in [-0.15, -0.1) is 0 Å². The largest absolute Gasteiger partial charge is 0.513 e. The SMILES string of the molecule is CCCCCCCCCCCCC1=C(OC(=O)OCC)C(=O)c2ccccc2C1=O. The van der Waals surface area contributed by atoms with E-state index in [0.717, 1.165) is 19.3 Å². The molecule has 0 aliphatic heterocycles. The van der Waals surface area contributed by atoms with E-state index in [1.54, 1.807) is 31.2 Å². The van der Waals surface area contributed by atoms with Crippen LogP contribution in [-0.2, 0) is 9.47 Å². The molecule has 0 radical (unpaired) electrons. The minimum absolute atomic E-state index is 0.138. The van der Waals surface area contributed by atoms with Gasteiger partial charge >= 0.3 is 6.16 Å². The molecule has 0 fully saturated rings. The Kier molecular flexibility index (Phi) is 10.3. The Hall–Kier alpha value is -2.43. The van der Waals surface area contributed by atoms with Crippen molar-refractivity contribution in [3.8, 4) is 0 Å². The first-order chi connectivity index (χ1) is 14.6. The van der Waals surface area contributed by atoms with E-state index in [1.165, 1.54) is 44.9 Å². The molecule has 0 aromatic heterocycles. The van der Waals surface area contributed by atoms with Gasteiger partial charge in [0.25, 0.3) is 0 Å². The van der Waals surface area contributed by atoms with Gasteiger partial charge < -0.3 is 9.47 Å². The summed E-state index contributed by atoms with van der Waals surface area (Å²) in [7, 11) is 0. The molecular formula is C25H34O5. The summed E-state index contributed by atoms with van der Waals surface area (Å²) in [6.45, 7) is 4.02. The first kappa shape index (κ1) is 23.8. The molecule has 5 heteroatoms. The van der Waals surface area contributed by atoms with E-state index in [-0.39, 0.29) is 29.3 Å². The van der Waals surface area contributed by atoms with Crippen LogP contribution in [0.2, 0.25) is 0 Å². The summed E-state index contributed by atoms with van der Waals surface area (Å²) < 4.78 is 9.98. The molecule has 0 atom stereocenters. The molecule has 0 saturated heterocycles. The number of fused-ring (bicyclic) bond motifs is 1. The maximum atomic E-state index is 13.0. The highest BCUT2D eigenvalue weighted by molar-refractivity contribution is 6.26. The van der Waals surface area contributed by atoms with Crippen LogP contribution in [0.3, 0.4) is 0 Å². The number of benzene rings is 1. The molecule has 0 heterocycles. The predicted octanol–water partition coefficient (Wildman–Crippen LogP) is 6.80. The second kappa shape index (κ2) is 13.0. The van der Waals surface area contributed by atoms with Gasteiger partial charge in [-0.25, -0.2) is 4.79 Å². The van der Waals surface area contributed by atoms with Gasteiger partial charge in [-0.1, -0.05) is 89.0 Å². The Bertz CT molecular complexity index is 763. The number of allylic oxidation sites excluding steroid dienone is 2. The number of ether oxygens (including phenoxy) is 2. The van der Waals surface area contributed by atoms with Crippen LogP contribution in [-0.4, -0.2) is 24.3 Å². The van der Waals surface area contributed by atoms with Gasteiger partial charge in [0.15, 0.2) is 11.5 Å². The normalized spacial score (nSPS) is 13.4. The number of carbonyl (C=O) groups excluding carboxylic acids is 3. The van der Waals surface area contributed by atoms with Gasteiger partial charge in [0.2, 0.25) is 5.78 Å². The molecule has 164 valence electrons. The highest BCUT2D eigenvalue weighted by Gasteiger charge is 2.34. The summed E-state index contributed by atoms with van der Waals surface area (Å²) in [5.41, 5.74) is 0.931. The van der Waals surface area contributed by atoms with Crippen LogP contribution in [0, 0.1) is 0 Å². The van der Waals surface area contributed by atoms with Gasteiger partial charge in [-0.2, -0.15) is 0 Å². The maximum absolute atomic E-state index is 13.0. The second-order valence-corrected chi connectivity index (χ2v) is 7.73. The van der Waals surface area contributed by atoms with Crippen molar-refractivity contribution >= 4 is 17.7 Å². The summed E-state index contributed by atoms with van der Waals surface area (Å²) in [6, 6.07) is 6.66. The van der Waals surface area contributed by atoms with Crippen molar-refractivity contribution in [2.75, 3.05) is 6.61 Å². The molecular weight excluding hydrogens is 380 g/mol. The van der Waals surface area contributed by atoms with E-state index < -0.39 is 11.9 Å². The number of unbranched alkanes of at least 4 members (excludes halogenated alkanes) is 9. The predicted molar refractivity (Wildman–Crippen MR) is 117 cm³/mol. The van der Waals surface area contributed by atoms with Crippen molar-refractivity contribution in [1.29, 1.82) is 0 Å². The summed E-state index contributed by atoms with van der Waals surface area (Å²) in [4.78, 5) is 37.6. The van der Waals surface area contributed by atoms with E-state index in [0.29, 0.717) is 12.0 Å². The van der Waals surface area contributed by atoms with Crippen LogP contribution in [0.5, 0.6) is 0 Å². The lowest BCUT2D eigenvalue weighted by Crippen LogP contribution is -2.25. The lowest BCUT2D eigenvalue weighted by molar-refractivity contribution is 0.0685. The van der Waals surface area contributed by atoms with Crippen molar-refractivity contribution in [3.63, 3.8) is 0 Å². The number of carbonyl (C=O) groups is 3. The van der Waals surface area contributed by atoms with Crippen LogP contribution in [0.4, 0.5) is 4.79 Å². The average Bonchev–Trinajstić information content (AvgIpc) is 2.75. The fraction of sp³-hybridized carbons (Fsp3) is 0.560. The number of rotatable bonds is 13. The summed E-state index contributed by atoms with van der Waals surface area (Å²) in [5, 5.41) is 0. The lowest BCUT2D eigenvalue weighted by Gasteiger charge is -2.20. The van der Waals surface area contributed by atoms with Gasteiger partial charge in [0.05, 0.1) is 6.61 Å². The summed E-state index contributed by atoms with van der Waals surface area (Å²) in [5.74, 6) is -0.839. The highest BCUT2D eigenvalue weighted by atomic mass is 16.7. The third-order valence-electron chi connectivity index (χ3n) is 5.40. The van der Waals surface area contributed by atoms with Crippen LogP contribution in [0.1, 0.15) is 105 Å². The van der Waals surface area contributed by atoms with Crippen molar-refractivity contribution in [2.24, 2.45) is 0 Å². The molecule has 0 bridgehead atoms. The van der Waals surface area contributed by atoms with E-state index >= 15 is 0 Å². The molecule has 0 spiro atoms. The molecule has 2 rings (SSSR count). The second-order valence-electron chi connectivity index (χ2n) is 7.73. The first-order valence-corrected chi connectivity index (χ1v) is 11.4. The Labute approximate surface area is 179 Å². The molecule has 30 heavy (non-hydrogen) atoms. The molecule has 0 saturated carbocycles. The van der Waals surface area contributed by atoms with E-state index in [4.69, 9.17) is 9.47 Å². The standard InChI is InChI=1S/C25H34O5/c1-3-5-6-7-8-9-10-11-12-13-18-21-22(26)19-16-14-15-17-20(19)23(27)24(21)30-25(28)29-4-2/h14-17H,3-13,18H2,1-2H3. The Morgan fingerprint density at radius 1 is 0.767 bits per heavy atom. The van der Waals surface area contributed by atoms with E-state index in [2.05, 4.69) is 6.92 Å². The monoisotopic (exact) mass is 414 g/mol. The molecule has 0 amide bonds. The molecule has 1 aliphatic carbocycles. The van der Waals surface area contributed by atoms with Crippen LogP contribution in [0.25, 0.3) is 0 Å². The van der Waals surface area contributed by atoms with Crippen LogP contribution >= 0.6 is 0 Å². The number of ketones is 2. The van der Waals surface area contributed by atoms with Gasteiger partial charge in [0.1, 0.15) is 0 Å².